The summed E-state index contributed by atoms with van der Waals surface area (Å²) in [5, 5.41) is 53.2. The van der Waals surface area contributed by atoms with Crippen LogP contribution in [0, 0.1) is 0 Å². The molecule has 18 heteroatoms. The van der Waals surface area contributed by atoms with E-state index in [4.69, 9.17) is 0 Å². The van der Waals surface area contributed by atoms with E-state index in [-0.39, 0.29) is 86.8 Å². The van der Waals surface area contributed by atoms with Crippen molar-refractivity contribution in [2.45, 2.75) is 4.90 Å². The van der Waals surface area contributed by atoms with Gasteiger partial charge in [0.15, 0.2) is 5.75 Å². The number of carbonyl (C=O) groups excluding carboxylic acids is 3. The maximum absolute atomic E-state index is 12.8. The molecule has 0 atom stereocenters. The SMILES string of the molecule is O=C(Nc1ccc(N=Nc2c(S(=O)(=O)[O-])cc3cc(NC(=O)c4ccccc4)ccc3c2O)cc1)c1ccc(N=Nc2ccc(O)c(C(=O)[O-])c2)cc1.[Na+].[Na+]. The Hall–Kier alpha value is -5.30. The van der Waals surface area contributed by atoms with Crippen LogP contribution in [0.3, 0.4) is 0 Å². The molecule has 0 heterocycles. The van der Waals surface area contributed by atoms with Crippen LogP contribution >= 0.6 is 0 Å². The monoisotopic (exact) mass is 774 g/mol. The third-order valence-electron chi connectivity index (χ3n) is 7.62. The van der Waals surface area contributed by atoms with Gasteiger partial charge in [-0.05, 0) is 109 Å². The van der Waals surface area contributed by atoms with Gasteiger partial charge < -0.3 is 35.3 Å². The van der Waals surface area contributed by atoms with Crippen LogP contribution in [0.25, 0.3) is 10.8 Å². The molecule has 6 aromatic rings. The van der Waals surface area contributed by atoms with Crippen LogP contribution in [0.1, 0.15) is 31.1 Å². The van der Waals surface area contributed by atoms with Crippen molar-refractivity contribution in [3.8, 4) is 11.5 Å². The first-order valence-corrected chi connectivity index (χ1v) is 16.8. The van der Waals surface area contributed by atoms with E-state index < -0.39 is 55.5 Å². The molecule has 0 unspecified atom stereocenters. The van der Waals surface area contributed by atoms with Crippen molar-refractivity contribution in [1.82, 2.24) is 0 Å². The molecule has 6 rings (SSSR count). The molecule has 0 bridgehead atoms. The standard InChI is InChI=1S/C37H26N6O9S.2Na/c44-31-17-15-28(20-30(31)37(48)49)42-40-25-8-6-22(7-9-25)36(47)38-24-10-12-26(13-11-24)41-43-33-32(53(50,51)52)19-23-18-27(14-16-29(23)34(33)45)39-35(46)21-4-2-1-3-5-21;;/h1-20,44-45H,(H,38,47)(H,39,46)(H,48,49)(H,50,51,52);;/q;2*+1/p-2. The number of hydrogen-bond acceptors (Lipinski definition) is 13. The van der Waals surface area contributed by atoms with Crippen molar-refractivity contribution in [3.63, 3.8) is 0 Å². The smallest absolute Gasteiger partial charge is 0.744 e. The Morgan fingerprint density at radius 3 is 1.75 bits per heavy atom. The van der Waals surface area contributed by atoms with Gasteiger partial charge in [0, 0.05) is 33.5 Å². The molecule has 0 spiro atoms. The van der Waals surface area contributed by atoms with Gasteiger partial charge in [-0.1, -0.05) is 18.2 Å². The van der Waals surface area contributed by atoms with Gasteiger partial charge in [-0.25, -0.2) is 8.42 Å². The molecule has 264 valence electrons. The first-order chi connectivity index (χ1) is 25.4. The number of amides is 2. The summed E-state index contributed by atoms with van der Waals surface area (Å²) in [6.07, 6.45) is 0. The molecule has 4 N–H and O–H groups in total. The van der Waals surface area contributed by atoms with Gasteiger partial charge in [-0.2, -0.15) is 15.3 Å². The largest absolute Gasteiger partial charge is 1.00 e. The zero-order chi connectivity index (χ0) is 37.7. The molecule has 15 nitrogen and oxygen atoms in total. The van der Waals surface area contributed by atoms with Crippen LogP contribution < -0.4 is 74.9 Å². The summed E-state index contributed by atoms with van der Waals surface area (Å²) in [5.74, 6) is -3.51. The average molecular weight is 775 g/mol. The number of aromatic hydroxyl groups is 2. The number of azo groups is 2. The zero-order valence-corrected chi connectivity index (χ0v) is 33.8. The summed E-state index contributed by atoms with van der Waals surface area (Å²) >= 11 is 0. The summed E-state index contributed by atoms with van der Waals surface area (Å²) < 4.78 is 36.6. The molecule has 0 saturated heterocycles. The van der Waals surface area contributed by atoms with Crippen molar-refractivity contribution in [3.05, 3.63) is 138 Å². The van der Waals surface area contributed by atoms with Crippen LogP contribution in [0.5, 0.6) is 11.5 Å². The predicted molar refractivity (Wildman–Crippen MR) is 190 cm³/mol. The number of nitrogens with one attached hydrogen (secondary N) is 2. The molecule has 0 aromatic heterocycles. The minimum atomic E-state index is -5.14. The Balaban J connectivity index is 0.00000336. The van der Waals surface area contributed by atoms with Crippen molar-refractivity contribution < 1.29 is 102 Å². The summed E-state index contributed by atoms with van der Waals surface area (Å²) in [4.78, 5) is 35.7. The predicted octanol–water partition coefficient (Wildman–Crippen LogP) is 0.862. The number of rotatable bonds is 10. The van der Waals surface area contributed by atoms with Crippen molar-refractivity contribution in [2.75, 3.05) is 10.6 Å². The quantitative estimate of drug-likeness (QED) is 0.0875. The molecule has 0 aliphatic carbocycles. The number of phenols is 2. The van der Waals surface area contributed by atoms with E-state index in [2.05, 4.69) is 31.1 Å². The van der Waals surface area contributed by atoms with Crippen molar-refractivity contribution in [2.24, 2.45) is 20.5 Å². The maximum atomic E-state index is 12.8. The number of phenolic OH excluding ortho intramolecular Hbond substituents is 1. The summed E-state index contributed by atoms with van der Waals surface area (Å²) in [6.45, 7) is 0. The van der Waals surface area contributed by atoms with E-state index in [1.54, 1.807) is 30.3 Å². The van der Waals surface area contributed by atoms with E-state index in [0.717, 1.165) is 18.2 Å². The number of nitrogens with zero attached hydrogens (tertiary/aromatic N) is 4. The molecular formula is C37H24N6Na2O9S. The average Bonchev–Trinajstić information content (AvgIpc) is 3.14. The number of carboxylic acids is 1. The Morgan fingerprint density at radius 1 is 0.600 bits per heavy atom. The van der Waals surface area contributed by atoms with Crippen LogP contribution in [-0.2, 0) is 10.1 Å². The van der Waals surface area contributed by atoms with Crippen LogP contribution in [0.4, 0.5) is 34.1 Å². The molecule has 0 aliphatic rings. The Morgan fingerprint density at radius 2 is 1.13 bits per heavy atom. The van der Waals surface area contributed by atoms with Gasteiger partial charge in [0.1, 0.15) is 21.6 Å². The zero-order valence-electron chi connectivity index (χ0n) is 29.0. The fraction of sp³-hybridized carbons (Fsp3) is 0. The second-order valence-electron chi connectivity index (χ2n) is 11.2. The van der Waals surface area contributed by atoms with Crippen LogP contribution in [0.2, 0.25) is 0 Å². The summed E-state index contributed by atoms with van der Waals surface area (Å²) in [6, 6.07) is 29.4. The summed E-state index contributed by atoms with van der Waals surface area (Å²) in [5.41, 5.74) is 1.07. The molecule has 6 aromatic carbocycles. The molecule has 2 amide bonds. The van der Waals surface area contributed by atoms with Gasteiger partial charge in [-0.3, -0.25) is 9.59 Å². The van der Waals surface area contributed by atoms with Gasteiger partial charge in [0.25, 0.3) is 11.8 Å². The number of aromatic carboxylic acids is 1. The number of anilines is 2. The minimum Gasteiger partial charge on any atom is -0.744 e. The van der Waals surface area contributed by atoms with Crippen molar-refractivity contribution >= 4 is 72.8 Å². The normalized spacial score (nSPS) is 11.1. The number of benzene rings is 6. The Labute approximate surface area is 357 Å². The van der Waals surface area contributed by atoms with Gasteiger partial charge in [0.2, 0.25) is 0 Å². The Kier molecular flexibility index (Phi) is 14.2. The van der Waals surface area contributed by atoms with Gasteiger partial charge in [-0.15, -0.1) is 5.11 Å². The van der Waals surface area contributed by atoms with E-state index >= 15 is 0 Å². The number of fused-ring (bicyclic) bond motifs is 1. The summed E-state index contributed by atoms with van der Waals surface area (Å²) in [7, 11) is -5.14. The van der Waals surface area contributed by atoms with E-state index in [1.165, 1.54) is 72.8 Å². The molecule has 0 radical (unpaired) electrons. The first-order valence-electron chi connectivity index (χ1n) is 15.4. The number of carboxylic acid groups (broad SMARTS) is 1. The van der Waals surface area contributed by atoms with Gasteiger partial charge in [0.05, 0.1) is 27.9 Å². The molecule has 55 heavy (non-hydrogen) atoms. The second-order valence-corrected chi connectivity index (χ2v) is 12.6. The second kappa shape index (κ2) is 18.4. The molecule has 0 fully saturated rings. The fourth-order valence-electron chi connectivity index (χ4n) is 4.98. The van der Waals surface area contributed by atoms with E-state index in [0.29, 0.717) is 22.6 Å². The fourth-order valence-corrected chi connectivity index (χ4v) is 5.62. The topological polar surface area (TPSA) is 245 Å². The molecular weight excluding hydrogens is 750 g/mol. The third kappa shape index (κ3) is 10.5. The first kappa shape index (κ1) is 42.4. The number of carbonyl (C=O) groups is 3. The maximum Gasteiger partial charge on any atom is 1.00 e. The van der Waals surface area contributed by atoms with E-state index in [1.807, 2.05) is 0 Å². The van der Waals surface area contributed by atoms with Crippen LogP contribution in [0.15, 0.2) is 147 Å². The minimum absolute atomic E-state index is 0. The molecule has 0 saturated carbocycles. The number of hydrogen-bond donors (Lipinski definition) is 4. The van der Waals surface area contributed by atoms with E-state index in [9.17, 15) is 42.7 Å². The van der Waals surface area contributed by atoms with Crippen LogP contribution in [-0.4, -0.2) is 41.0 Å². The third-order valence-corrected chi connectivity index (χ3v) is 8.47. The van der Waals surface area contributed by atoms with Gasteiger partial charge >= 0.3 is 59.1 Å². The van der Waals surface area contributed by atoms with Crippen molar-refractivity contribution in [1.29, 1.82) is 0 Å². The Bertz CT molecular complexity index is 2570. The molecule has 0 aliphatic heterocycles.